The maximum absolute atomic E-state index is 4.68. The van der Waals surface area contributed by atoms with Crippen LogP contribution in [-0.2, 0) is 0 Å². The van der Waals surface area contributed by atoms with E-state index in [2.05, 4.69) is 32.9 Å². The molecule has 0 aromatic carbocycles. The number of rotatable bonds is 5. The summed E-state index contributed by atoms with van der Waals surface area (Å²) in [5.74, 6) is 2.07. The van der Waals surface area contributed by atoms with Crippen LogP contribution in [0.25, 0.3) is 0 Å². The molecule has 2 fully saturated rings. The van der Waals surface area contributed by atoms with E-state index in [1.165, 1.54) is 70.5 Å². The van der Waals surface area contributed by atoms with Crippen molar-refractivity contribution in [3.63, 3.8) is 0 Å². The predicted molar refractivity (Wildman–Crippen MR) is 87.8 cm³/mol. The number of hydrogen-bond acceptors (Lipinski definition) is 3. The summed E-state index contributed by atoms with van der Waals surface area (Å²) < 4.78 is 2.46. The number of hydrogen-bond donors (Lipinski definition) is 1. The van der Waals surface area contributed by atoms with Gasteiger partial charge in [-0.3, -0.25) is 0 Å². The van der Waals surface area contributed by atoms with E-state index in [4.69, 9.17) is 0 Å². The van der Waals surface area contributed by atoms with Crippen LogP contribution in [0.1, 0.15) is 57.9 Å². The molecule has 2 aliphatic rings. The molecule has 1 N–H and O–H groups in total. The minimum Gasteiger partial charge on any atom is -0.342 e. The van der Waals surface area contributed by atoms with Gasteiger partial charge in [-0.05, 0) is 44.7 Å². The van der Waals surface area contributed by atoms with Gasteiger partial charge in [0, 0.05) is 31.5 Å². The van der Waals surface area contributed by atoms with Crippen LogP contribution in [0, 0.1) is 5.92 Å². The number of anilines is 1. The normalized spacial score (nSPS) is 21.9. The van der Waals surface area contributed by atoms with Crippen molar-refractivity contribution in [2.24, 2.45) is 5.92 Å². The Morgan fingerprint density at radius 3 is 2.62 bits per heavy atom. The monoisotopic (exact) mass is 290 g/mol. The molecular formula is C17H30N4. The van der Waals surface area contributed by atoms with Gasteiger partial charge < -0.3 is 14.8 Å². The fraction of sp³-hybridized carbons (Fsp3) is 0.824. The molecule has 1 aromatic heterocycles. The van der Waals surface area contributed by atoms with Gasteiger partial charge in [-0.1, -0.05) is 26.2 Å². The molecule has 4 heteroatoms. The summed E-state index contributed by atoms with van der Waals surface area (Å²) in [6, 6.07) is 0.690. The molecule has 0 radical (unpaired) electrons. The topological polar surface area (TPSA) is 33.1 Å². The first-order chi connectivity index (χ1) is 10.4. The van der Waals surface area contributed by atoms with E-state index >= 15 is 0 Å². The molecular weight excluding hydrogens is 260 g/mol. The molecule has 0 bridgehead atoms. The third-order valence-corrected chi connectivity index (χ3v) is 5.20. The lowest BCUT2D eigenvalue weighted by Gasteiger charge is -2.35. The summed E-state index contributed by atoms with van der Waals surface area (Å²) in [4.78, 5) is 7.19. The van der Waals surface area contributed by atoms with E-state index in [0.29, 0.717) is 6.04 Å². The van der Waals surface area contributed by atoms with E-state index in [0.717, 1.165) is 12.5 Å². The van der Waals surface area contributed by atoms with Crippen molar-refractivity contribution in [1.82, 2.24) is 14.9 Å². The molecule has 2 heterocycles. The van der Waals surface area contributed by atoms with Crippen LogP contribution < -0.4 is 10.2 Å². The van der Waals surface area contributed by atoms with Crippen LogP contribution in [0.4, 0.5) is 5.95 Å². The van der Waals surface area contributed by atoms with Crippen molar-refractivity contribution in [1.29, 1.82) is 0 Å². The van der Waals surface area contributed by atoms with Crippen molar-refractivity contribution < 1.29 is 0 Å². The van der Waals surface area contributed by atoms with E-state index in [1.54, 1.807) is 0 Å². The van der Waals surface area contributed by atoms with Crippen molar-refractivity contribution >= 4 is 5.95 Å². The highest BCUT2D eigenvalue weighted by Crippen LogP contribution is 2.32. The summed E-state index contributed by atoms with van der Waals surface area (Å²) in [5.41, 5.74) is 0. The van der Waals surface area contributed by atoms with Crippen molar-refractivity contribution in [3.8, 4) is 0 Å². The maximum Gasteiger partial charge on any atom is 0.205 e. The Morgan fingerprint density at radius 2 is 1.90 bits per heavy atom. The first kappa shape index (κ1) is 14.9. The second-order valence-electron chi connectivity index (χ2n) is 6.66. The van der Waals surface area contributed by atoms with Crippen molar-refractivity contribution in [3.05, 3.63) is 12.4 Å². The van der Waals surface area contributed by atoms with Crippen LogP contribution in [-0.4, -0.2) is 35.7 Å². The lowest BCUT2D eigenvalue weighted by Crippen LogP contribution is -2.39. The smallest absolute Gasteiger partial charge is 0.205 e. The molecule has 118 valence electrons. The third kappa shape index (κ3) is 3.60. The van der Waals surface area contributed by atoms with Crippen LogP contribution in [0.2, 0.25) is 0 Å². The zero-order chi connectivity index (χ0) is 14.5. The van der Waals surface area contributed by atoms with Gasteiger partial charge in [-0.15, -0.1) is 0 Å². The number of imidazole rings is 1. The van der Waals surface area contributed by atoms with Gasteiger partial charge in [0.05, 0.1) is 0 Å². The number of nitrogens with zero attached hydrogens (tertiary/aromatic N) is 3. The van der Waals surface area contributed by atoms with Gasteiger partial charge >= 0.3 is 0 Å². The van der Waals surface area contributed by atoms with Crippen molar-refractivity contribution in [2.45, 2.75) is 57.9 Å². The third-order valence-electron chi connectivity index (χ3n) is 5.20. The second-order valence-corrected chi connectivity index (χ2v) is 6.66. The highest BCUT2D eigenvalue weighted by atomic mass is 15.3. The molecule has 1 aromatic rings. The summed E-state index contributed by atoms with van der Waals surface area (Å²) in [6.45, 7) is 6.80. The van der Waals surface area contributed by atoms with Gasteiger partial charge in [0.2, 0.25) is 5.95 Å². The van der Waals surface area contributed by atoms with Crippen LogP contribution >= 0.6 is 0 Å². The lowest BCUT2D eigenvalue weighted by molar-refractivity contribution is 0.344. The SMILES string of the molecule is CCNCC1CCN(c2nccn2C2CCCCC2)CC1. The first-order valence-corrected chi connectivity index (χ1v) is 8.87. The minimum atomic E-state index is 0.690. The van der Waals surface area contributed by atoms with E-state index in [-0.39, 0.29) is 0 Å². The maximum atomic E-state index is 4.68. The Labute approximate surface area is 128 Å². The molecule has 1 aliphatic heterocycles. The molecule has 1 saturated heterocycles. The molecule has 3 rings (SSSR count). The van der Waals surface area contributed by atoms with Gasteiger partial charge in [0.15, 0.2) is 0 Å². The molecule has 0 spiro atoms. The Kier molecular flexibility index (Phi) is 5.17. The zero-order valence-electron chi connectivity index (χ0n) is 13.4. The summed E-state index contributed by atoms with van der Waals surface area (Å²) in [7, 11) is 0. The van der Waals surface area contributed by atoms with Gasteiger partial charge in [-0.25, -0.2) is 4.98 Å². The summed E-state index contributed by atoms with van der Waals surface area (Å²) in [6.07, 6.45) is 13.6. The molecule has 0 atom stereocenters. The fourth-order valence-electron chi connectivity index (χ4n) is 3.88. The van der Waals surface area contributed by atoms with Gasteiger partial charge in [-0.2, -0.15) is 0 Å². The average molecular weight is 290 g/mol. The lowest BCUT2D eigenvalue weighted by atomic mass is 9.95. The standard InChI is InChI=1S/C17H30N4/c1-2-18-14-15-8-11-20(12-9-15)17-19-10-13-21(17)16-6-4-3-5-7-16/h10,13,15-16,18H,2-9,11-12,14H2,1H3. The Morgan fingerprint density at radius 1 is 1.14 bits per heavy atom. The molecule has 0 unspecified atom stereocenters. The minimum absolute atomic E-state index is 0.690. The summed E-state index contributed by atoms with van der Waals surface area (Å²) in [5, 5.41) is 3.49. The fourth-order valence-corrected chi connectivity index (χ4v) is 3.88. The van der Waals surface area contributed by atoms with Gasteiger partial charge in [0.1, 0.15) is 0 Å². The molecule has 21 heavy (non-hydrogen) atoms. The number of nitrogens with one attached hydrogen (secondary N) is 1. The zero-order valence-corrected chi connectivity index (χ0v) is 13.4. The summed E-state index contributed by atoms with van der Waals surface area (Å²) >= 11 is 0. The predicted octanol–water partition coefficient (Wildman–Crippen LogP) is 3.21. The van der Waals surface area contributed by atoms with E-state index in [1.807, 2.05) is 6.20 Å². The van der Waals surface area contributed by atoms with Crippen LogP contribution in [0.15, 0.2) is 12.4 Å². The molecule has 1 saturated carbocycles. The molecule has 4 nitrogen and oxygen atoms in total. The highest BCUT2D eigenvalue weighted by molar-refractivity contribution is 5.32. The second kappa shape index (κ2) is 7.30. The van der Waals surface area contributed by atoms with E-state index < -0.39 is 0 Å². The number of piperidine rings is 1. The van der Waals surface area contributed by atoms with Gasteiger partial charge in [0.25, 0.3) is 0 Å². The molecule has 1 aliphatic carbocycles. The average Bonchev–Trinajstić information content (AvgIpc) is 3.04. The Bertz CT molecular complexity index is 414. The van der Waals surface area contributed by atoms with Crippen LogP contribution in [0.3, 0.4) is 0 Å². The molecule has 0 amide bonds. The van der Waals surface area contributed by atoms with Crippen molar-refractivity contribution in [2.75, 3.05) is 31.1 Å². The number of aromatic nitrogens is 2. The van der Waals surface area contributed by atoms with E-state index in [9.17, 15) is 0 Å². The Hall–Kier alpha value is -1.03. The quantitative estimate of drug-likeness (QED) is 0.904. The first-order valence-electron chi connectivity index (χ1n) is 8.87. The Balaban J connectivity index is 1.59. The largest absolute Gasteiger partial charge is 0.342 e. The van der Waals surface area contributed by atoms with Crippen LogP contribution in [0.5, 0.6) is 0 Å². The highest BCUT2D eigenvalue weighted by Gasteiger charge is 2.24.